The van der Waals surface area contributed by atoms with E-state index in [-0.39, 0.29) is 18.2 Å². The number of carbonyl (C=O) groups is 1. The lowest BCUT2D eigenvalue weighted by atomic mass is 10.2. The first-order valence-electron chi connectivity index (χ1n) is 8.48. The van der Waals surface area contributed by atoms with Gasteiger partial charge in [0.15, 0.2) is 10.6 Å². The molecule has 0 spiro atoms. The van der Waals surface area contributed by atoms with Gasteiger partial charge in [0.05, 0.1) is 5.75 Å². The molecule has 3 rings (SSSR count). The smallest absolute Gasteiger partial charge is 0.242 e. The molecule has 0 radical (unpaired) electrons. The van der Waals surface area contributed by atoms with E-state index in [4.69, 9.17) is 23.8 Å². The predicted molar refractivity (Wildman–Crippen MR) is 105 cm³/mol. The van der Waals surface area contributed by atoms with Crippen LogP contribution in [0.25, 0.3) is 11.4 Å². The van der Waals surface area contributed by atoms with Gasteiger partial charge in [-0.25, -0.2) is 8.42 Å². The van der Waals surface area contributed by atoms with Crippen LogP contribution in [-0.4, -0.2) is 70.2 Å². The zero-order valence-electron chi connectivity index (χ0n) is 14.8. The fraction of sp³-hybridized carbons (Fsp3) is 0.438. The maximum Gasteiger partial charge on any atom is 0.242 e. The summed E-state index contributed by atoms with van der Waals surface area (Å²) in [5, 5.41) is 7.54. The number of nitrogens with zero attached hydrogens (tertiary/aromatic N) is 4. The highest BCUT2D eigenvalue weighted by Crippen LogP contribution is 2.20. The van der Waals surface area contributed by atoms with Gasteiger partial charge in [-0.15, -0.1) is 0 Å². The summed E-state index contributed by atoms with van der Waals surface area (Å²) in [6.07, 6.45) is 0. The minimum absolute atomic E-state index is 0.0355. The molecule has 1 aliphatic heterocycles. The molecule has 1 amide bonds. The fourth-order valence-electron chi connectivity index (χ4n) is 2.92. The van der Waals surface area contributed by atoms with Gasteiger partial charge in [0.1, 0.15) is 6.54 Å². The summed E-state index contributed by atoms with van der Waals surface area (Å²) in [6.45, 7) is 2.99. The Morgan fingerprint density at radius 3 is 2.44 bits per heavy atom. The van der Waals surface area contributed by atoms with Crippen molar-refractivity contribution in [2.24, 2.45) is 0 Å². The number of amides is 1. The third-order valence-corrected chi connectivity index (χ3v) is 6.95. The third kappa shape index (κ3) is 4.40. The number of hydrogen-bond donors (Lipinski definition) is 1. The fourth-order valence-corrected chi connectivity index (χ4v) is 4.32. The Morgan fingerprint density at radius 1 is 1.22 bits per heavy atom. The molecule has 2 heterocycles. The van der Waals surface area contributed by atoms with E-state index >= 15 is 0 Å². The highest BCUT2D eigenvalue weighted by Gasteiger charge is 2.28. The van der Waals surface area contributed by atoms with Crippen molar-refractivity contribution in [1.82, 2.24) is 24.0 Å². The Balaban J connectivity index is 1.72. The molecule has 8 nitrogen and oxygen atoms in total. The summed E-state index contributed by atoms with van der Waals surface area (Å²) in [7, 11) is -3.23. The van der Waals surface area contributed by atoms with Gasteiger partial charge < -0.3 is 4.90 Å². The molecule has 1 aromatic heterocycles. The molecule has 1 aromatic carbocycles. The maximum atomic E-state index is 12.7. The Bertz CT molecular complexity index is 976. The molecule has 0 aliphatic carbocycles. The topological polar surface area (TPSA) is 91.3 Å². The van der Waals surface area contributed by atoms with Gasteiger partial charge in [0.25, 0.3) is 0 Å². The first-order chi connectivity index (χ1) is 12.8. The van der Waals surface area contributed by atoms with Crippen molar-refractivity contribution >= 4 is 39.7 Å². The van der Waals surface area contributed by atoms with Crippen LogP contribution in [-0.2, 0) is 21.4 Å². The number of H-pyrrole nitrogens is 1. The molecule has 1 fully saturated rings. The molecule has 0 unspecified atom stereocenters. The SMILES string of the molecule is CCS(=O)(=O)N1CCN(C(=O)Cn2c(-c3ccc(Cl)cc3)n[nH]c2=S)CC1. The number of halogens is 1. The van der Waals surface area contributed by atoms with Gasteiger partial charge >= 0.3 is 0 Å². The molecular weight excluding hydrogens is 410 g/mol. The first-order valence-corrected chi connectivity index (χ1v) is 10.9. The largest absolute Gasteiger partial charge is 0.338 e. The third-order valence-electron chi connectivity index (χ3n) is 4.50. The second-order valence-electron chi connectivity index (χ2n) is 6.13. The van der Waals surface area contributed by atoms with E-state index in [1.165, 1.54) is 4.31 Å². The van der Waals surface area contributed by atoms with E-state index in [9.17, 15) is 13.2 Å². The number of nitrogens with one attached hydrogen (secondary N) is 1. The zero-order valence-corrected chi connectivity index (χ0v) is 17.1. The summed E-state index contributed by atoms with van der Waals surface area (Å²) in [6, 6.07) is 7.10. The van der Waals surface area contributed by atoms with Crippen LogP contribution in [0.15, 0.2) is 24.3 Å². The number of benzene rings is 1. The minimum atomic E-state index is -3.23. The number of carbonyl (C=O) groups excluding carboxylic acids is 1. The Hall–Kier alpha value is -1.75. The van der Waals surface area contributed by atoms with Crippen LogP contribution in [0.2, 0.25) is 5.02 Å². The Labute approximate surface area is 167 Å². The molecule has 11 heteroatoms. The summed E-state index contributed by atoms with van der Waals surface area (Å²) in [5.74, 6) is 0.490. The maximum absolute atomic E-state index is 12.7. The number of sulfonamides is 1. The average molecular weight is 430 g/mol. The highest BCUT2D eigenvalue weighted by atomic mass is 35.5. The normalized spacial score (nSPS) is 15.9. The number of hydrogen-bond acceptors (Lipinski definition) is 5. The van der Waals surface area contributed by atoms with E-state index < -0.39 is 10.0 Å². The van der Waals surface area contributed by atoms with Crippen molar-refractivity contribution in [3.05, 3.63) is 34.1 Å². The molecule has 0 bridgehead atoms. The lowest BCUT2D eigenvalue weighted by Crippen LogP contribution is -2.51. The molecule has 1 N–H and O–H groups in total. The predicted octanol–water partition coefficient (Wildman–Crippen LogP) is 1.75. The molecule has 1 aliphatic rings. The number of aromatic amines is 1. The van der Waals surface area contributed by atoms with Gasteiger partial charge in [0.2, 0.25) is 15.9 Å². The van der Waals surface area contributed by atoms with E-state index in [1.54, 1.807) is 28.5 Å². The monoisotopic (exact) mass is 429 g/mol. The van der Waals surface area contributed by atoms with Crippen LogP contribution in [0.3, 0.4) is 0 Å². The Kier molecular flexibility index (Phi) is 5.99. The zero-order chi connectivity index (χ0) is 19.6. The molecule has 146 valence electrons. The van der Waals surface area contributed by atoms with Gasteiger partial charge in [-0.05, 0) is 43.4 Å². The van der Waals surface area contributed by atoms with Crippen molar-refractivity contribution in [2.45, 2.75) is 13.5 Å². The number of rotatable bonds is 5. The van der Waals surface area contributed by atoms with Gasteiger partial charge in [-0.1, -0.05) is 11.6 Å². The van der Waals surface area contributed by atoms with E-state index in [0.717, 1.165) is 5.56 Å². The van der Waals surface area contributed by atoms with Gasteiger partial charge in [-0.2, -0.15) is 9.40 Å². The van der Waals surface area contributed by atoms with Crippen molar-refractivity contribution < 1.29 is 13.2 Å². The Morgan fingerprint density at radius 2 is 1.85 bits per heavy atom. The first kappa shape index (κ1) is 20.0. The summed E-state index contributed by atoms with van der Waals surface area (Å²) in [5.41, 5.74) is 0.790. The summed E-state index contributed by atoms with van der Waals surface area (Å²) in [4.78, 5) is 14.4. The van der Waals surface area contributed by atoms with E-state index in [2.05, 4.69) is 10.2 Å². The molecule has 1 saturated heterocycles. The summed E-state index contributed by atoms with van der Waals surface area (Å²) >= 11 is 11.2. The van der Waals surface area contributed by atoms with Crippen molar-refractivity contribution in [2.75, 3.05) is 31.9 Å². The van der Waals surface area contributed by atoms with Crippen LogP contribution in [0.4, 0.5) is 0 Å². The van der Waals surface area contributed by atoms with Crippen molar-refractivity contribution in [1.29, 1.82) is 0 Å². The second-order valence-corrected chi connectivity index (χ2v) is 9.21. The van der Waals surface area contributed by atoms with Gasteiger partial charge in [0, 0.05) is 36.8 Å². The van der Waals surface area contributed by atoms with E-state index in [1.807, 2.05) is 12.1 Å². The van der Waals surface area contributed by atoms with Crippen LogP contribution in [0.5, 0.6) is 0 Å². The van der Waals surface area contributed by atoms with Crippen molar-refractivity contribution in [3.8, 4) is 11.4 Å². The molecular formula is C16H20ClN5O3S2. The van der Waals surface area contributed by atoms with Crippen LogP contribution >= 0.6 is 23.8 Å². The van der Waals surface area contributed by atoms with E-state index in [0.29, 0.717) is 41.8 Å². The van der Waals surface area contributed by atoms with Crippen LogP contribution in [0, 0.1) is 4.77 Å². The van der Waals surface area contributed by atoms with Crippen LogP contribution < -0.4 is 0 Å². The van der Waals surface area contributed by atoms with Gasteiger partial charge in [-0.3, -0.25) is 14.5 Å². The highest BCUT2D eigenvalue weighted by molar-refractivity contribution is 7.89. The number of piperazine rings is 1. The average Bonchev–Trinajstić information content (AvgIpc) is 3.03. The lowest BCUT2D eigenvalue weighted by Gasteiger charge is -2.33. The van der Waals surface area contributed by atoms with Crippen LogP contribution in [0.1, 0.15) is 6.92 Å². The minimum Gasteiger partial charge on any atom is -0.338 e. The summed E-state index contributed by atoms with van der Waals surface area (Å²) < 4.78 is 27.3. The van der Waals surface area contributed by atoms with Crippen molar-refractivity contribution in [3.63, 3.8) is 0 Å². The molecule has 27 heavy (non-hydrogen) atoms. The second kappa shape index (κ2) is 8.09. The standard InChI is InChI=1S/C16H20ClN5O3S2/c1-2-27(24,25)21-9-7-20(8-10-21)14(23)11-22-15(18-19-16(22)26)12-3-5-13(17)6-4-12/h3-6H,2,7-11H2,1H3,(H,19,26). The molecule has 0 atom stereocenters. The quantitative estimate of drug-likeness (QED) is 0.731. The molecule has 2 aromatic rings. The lowest BCUT2D eigenvalue weighted by molar-refractivity contribution is -0.133. The molecule has 0 saturated carbocycles. The number of aromatic nitrogens is 3.